The molecule has 0 saturated heterocycles. The van der Waals surface area contributed by atoms with E-state index in [0.717, 1.165) is 34.8 Å². The molecule has 28 heavy (non-hydrogen) atoms. The number of pyridine rings is 1. The first-order valence-electron chi connectivity index (χ1n) is 9.44. The quantitative estimate of drug-likeness (QED) is 0.560. The minimum Gasteiger partial charge on any atom is -0.340 e. The summed E-state index contributed by atoms with van der Waals surface area (Å²) in [6, 6.07) is 5.60. The lowest BCUT2D eigenvalue weighted by molar-refractivity contribution is 0.623. The van der Waals surface area contributed by atoms with Gasteiger partial charge in [-0.15, -0.1) is 0 Å². The van der Waals surface area contributed by atoms with Crippen molar-refractivity contribution in [3.8, 4) is 11.3 Å². The highest BCUT2D eigenvalue weighted by atomic mass is 19.1. The summed E-state index contributed by atoms with van der Waals surface area (Å²) in [6.07, 6.45) is 9.77. The zero-order valence-corrected chi connectivity index (χ0v) is 15.9. The third kappa shape index (κ3) is 3.02. The summed E-state index contributed by atoms with van der Waals surface area (Å²) >= 11 is 0. The van der Waals surface area contributed by atoms with Gasteiger partial charge < -0.3 is 14.5 Å². The molecule has 4 aromatic rings. The molecule has 0 amide bonds. The molecule has 3 heterocycles. The minimum absolute atomic E-state index is 0.292. The lowest BCUT2D eigenvalue weighted by Crippen LogP contribution is -2.01. The van der Waals surface area contributed by atoms with E-state index in [4.69, 9.17) is 0 Å². The molecule has 0 bridgehead atoms. The van der Waals surface area contributed by atoms with Crippen molar-refractivity contribution in [2.24, 2.45) is 13.0 Å². The summed E-state index contributed by atoms with van der Waals surface area (Å²) in [5.74, 6) is 1.02. The van der Waals surface area contributed by atoms with Crippen molar-refractivity contribution >= 4 is 22.5 Å². The van der Waals surface area contributed by atoms with Crippen LogP contribution in [0.2, 0.25) is 0 Å². The smallest absolute Gasteiger partial charge is 0.151 e. The first kappa shape index (κ1) is 16.9. The number of aryl methyl sites for hydroxylation is 2. The van der Waals surface area contributed by atoms with Crippen molar-refractivity contribution in [1.82, 2.24) is 24.1 Å². The SMILES string of the molecule is Cc1c(F)c(Nc2ccc(-c3cn(C)cn3)cn2)cc2c1ncn2CC1CC1. The third-order valence-electron chi connectivity index (χ3n) is 5.26. The van der Waals surface area contributed by atoms with Gasteiger partial charge in [-0.25, -0.2) is 19.3 Å². The van der Waals surface area contributed by atoms with Crippen molar-refractivity contribution in [1.29, 1.82) is 0 Å². The van der Waals surface area contributed by atoms with Crippen LogP contribution >= 0.6 is 0 Å². The lowest BCUT2D eigenvalue weighted by atomic mass is 10.1. The highest BCUT2D eigenvalue weighted by Gasteiger charge is 2.23. The van der Waals surface area contributed by atoms with Gasteiger partial charge in [0.05, 0.1) is 35.1 Å². The molecule has 1 aliphatic carbocycles. The molecule has 3 aromatic heterocycles. The maximum Gasteiger partial charge on any atom is 0.151 e. The van der Waals surface area contributed by atoms with Crippen molar-refractivity contribution < 1.29 is 4.39 Å². The zero-order chi connectivity index (χ0) is 19.3. The molecule has 0 aliphatic heterocycles. The van der Waals surface area contributed by atoms with Gasteiger partial charge in [-0.2, -0.15) is 0 Å². The van der Waals surface area contributed by atoms with E-state index in [1.54, 1.807) is 19.4 Å². The Morgan fingerprint density at radius 1 is 1.18 bits per heavy atom. The van der Waals surface area contributed by atoms with E-state index in [-0.39, 0.29) is 5.82 Å². The number of fused-ring (bicyclic) bond motifs is 1. The maximum atomic E-state index is 14.9. The van der Waals surface area contributed by atoms with Gasteiger partial charge in [0.15, 0.2) is 5.82 Å². The third-order valence-corrected chi connectivity index (χ3v) is 5.26. The molecule has 5 rings (SSSR count). The topological polar surface area (TPSA) is 60.6 Å². The number of hydrogen-bond acceptors (Lipinski definition) is 4. The second kappa shape index (κ2) is 6.44. The number of imidazole rings is 2. The van der Waals surface area contributed by atoms with Crippen LogP contribution in [0.3, 0.4) is 0 Å². The second-order valence-corrected chi connectivity index (χ2v) is 7.55. The molecule has 1 N–H and O–H groups in total. The number of anilines is 2. The van der Waals surface area contributed by atoms with Gasteiger partial charge in [0, 0.05) is 37.1 Å². The molecule has 0 radical (unpaired) electrons. The molecule has 1 saturated carbocycles. The average molecular weight is 376 g/mol. The van der Waals surface area contributed by atoms with E-state index >= 15 is 0 Å². The second-order valence-electron chi connectivity index (χ2n) is 7.55. The molecule has 1 aromatic carbocycles. The number of nitrogens with one attached hydrogen (secondary N) is 1. The van der Waals surface area contributed by atoms with Crippen molar-refractivity contribution in [2.75, 3.05) is 5.32 Å². The Labute approximate surface area is 162 Å². The highest BCUT2D eigenvalue weighted by molar-refractivity contribution is 5.84. The molecule has 1 aliphatic rings. The summed E-state index contributed by atoms with van der Waals surface area (Å²) in [5, 5.41) is 3.12. The van der Waals surface area contributed by atoms with Crippen LogP contribution in [0.25, 0.3) is 22.3 Å². The number of aromatic nitrogens is 5. The van der Waals surface area contributed by atoms with Crippen LogP contribution in [0.4, 0.5) is 15.9 Å². The lowest BCUT2D eigenvalue weighted by Gasteiger charge is -2.11. The van der Waals surface area contributed by atoms with E-state index in [2.05, 4.69) is 24.8 Å². The Bertz CT molecular complexity index is 1150. The summed E-state index contributed by atoms with van der Waals surface area (Å²) in [7, 11) is 1.93. The van der Waals surface area contributed by atoms with E-state index in [0.29, 0.717) is 17.1 Å². The zero-order valence-electron chi connectivity index (χ0n) is 15.9. The average Bonchev–Trinajstić information content (AvgIpc) is 3.27. The van der Waals surface area contributed by atoms with E-state index in [1.165, 1.54) is 12.8 Å². The van der Waals surface area contributed by atoms with Crippen LogP contribution < -0.4 is 5.32 Å². The molecule has 1 fully saturated rings. The van der Waals surface area contributed by atoms with Crippen molar-refractivity contribution in [3.63, 3.8) is 0 Å². The molecule has 0 spiro atoms. The van der Waals surface area contributed by atoms with Crippen molar-refractivity contribution in [2.45, 2.75) is 26.3 Å². The fourth-order valence-electron chi connectivity index (χ4n) is 3.47. The Kier molecular flexibility index (Phi) is 3.89. The molecule has 0 unspecified atom stereocenters. The standard InChI is InChI=1S/C21H21FN6/c1-13-20(22)16(7-18-21(13)25-12-28(18)9-14-3-4-14)26-19-6-5-15(8-23-19)17-10-27(2)11-24-17/h5-8,10-12,14H,3-4,9H2,1-2H3,(H,23,26). The predicted octanol–water partition coefficient (Wildman–Crippen LogP) is 4.43. The molecular formula is C21H21FN6. The maximum absolute atomic E-state index is 14.9. The molecule has 6 nitrogen and oxygen atoms in total. The Morgan fingerprint density at radius 3 is 2.71 bits per heavy atom. The van der Waals surface area contributed by atoms with Gasteiger partial charge >= 0.3 is 0 Å². The first-order chi connectivity index (χ1) is 13.6. The normalized spacial score (nSPS) is 14.0. The fraction of sp³-hybridized carbons (Fsp3) is 0.286. The fourth-order valence-corrected chi connectivity index (χ4v) is 3.47. The van der Waals surface area contributed by atoms with Crippen LogP contribution in [-0.4, -0.2) is 24.1 Å². The summed E-state index contributed by atoms with van der Waals surface area (Å²) in [6.45, 7) is 2.72. The predicted molar refractivity (Wildman–Crippen MR) is 107 cm³/mol. The summed E-state index contributed by atoms with van der Waals surface area (Å²) in [5.41, 5.74) is 4.43. The number of benzene rings is 1. The van der Waals surface area contributed by atoms with Crippen molar-refractivity contribution in [3.05, 3.63) is 54.6 Å². The van der Waals surface area contributed by atoms with Gasteiger partial charge in [0.2, 0.25) is 0 Å². The number of hydrogen-bond donors (Lipinski definition) is 1. The van der Waals surface area contributed by atoms with Crippen LogP contribution in [0.5, 0.6) is 0 Å². The minimum atomic E-state index is -0.292. The van der Waals surface area contributed by atoms with Crippen LogP contribution in [0, 0.1) is 18.7 Å². The number of rotatable bonds is 5. The Hall–Kier alpha value is -3.22. The highest BCUT2D eigenvalue weighted by Crippen LogP contribution is 2.34. The molecular weight excluding hydrogens is 355 g/mol. The first-order valence-corrected chi connectivity index (χ1v) is 9.44. The molecule has 0 atom stereocenters. The molecule has 7 heteroatoms. The largest absolute Gasteiger partial charge is 0.340 e. The summed E-state index contributed by atoms with van der Waals surface area (Å²) < 4.78 is 18.9. The van der Waals surface area contributed by atoms with Gasteiger partial charge in [0.25, 0.3) is 0 Å². The Morgan fingerprint density at radius 2 is 2.04 bits per heavy atom. The van der Waals surface area contributed by atoms with E-state index in [1.807, 2.05) is 42.3 Å². The monoisotopic (exact) mass is 376 g/mol. The van der Waals surface area contributed by atoms with Gasteiger partial charge in [-0.1, -0.05) is 0 Å². The molecule has 142 valence electrons. The van der Waals surface area contributed by atoms with Gasteiger partial charge in [0.1, 0.15) is 5.82 Å². The van der Waals surface area contributed by atoms with Crippen LogP contribution in [0.1, 0.15) is 18.4 Å². The number of halogens is 1. The van der Waals surface area contributed by atoms with Crippen LogP contribution in [0.15, 0.2) is 43.2 Å². The van der Waals surface area contributed by atoms with Gasteiger partial charge in [-0.05, 0) is 43.9 Å². The summed E-state index contributed by atoms with van der Waals surface area (Å²) in [4.78, 5) is 13.2. The van der Waals surface area contributed by atoms with Gasteiger partial charge in [-0.3, -0.25) is 0 Å². The van der Waals surface area contributed by atoms with E-state index in [9.17, 15) is 4.39 Å². The Balaban J connectivity index is 1.46. The number of nitrogens with zero attached hydrogens (tertiary/aromatic N) is 5. The van der Waals surface area contributed by atoms with E-state index < -0.39 is 0 Å². The van der Waals surface area contributed by atoms with Crippen LogP contribution in [-0.2, 0) is 13.6 Å².